The van der Waals surface area contributed by atoms with Crippen LogP contribution in [0.2, 0.25) is 0 Å². The molecular weight excluding hydrogens is 289 g/mol. The lowest BCUT2D eigenvalue weighted by atomic mass is 10.2. The van der Waals surface area contributed by atoms with E-state index in [1.807, 2.05) is 6.92 Å². The number of nitrogens with zero attached hydrogens (tertiary/aromatic N) is 4. The standard InChI is InChI=1S/C11H13F3N6O/c1-2-7(20-5-3-4-16-20)9(21)15-6-8-17-10(19-18-8)11(12,13)14/h3-5,7H,2,6H2,1H3,(H,15,21)(H,17,18,19)/t7-/m1/s1. The maximum absolute atomic E-state index is 12.3. The van der Waals surface area contributed by atoms with Crippen LogP contribution in [0.1, 0.15) is 31.0 Å². The van der Waals surface area contributed by atoms with E-state index in [4.69, 9.17) is 0 Å². The lowest BCUT2D eigenvalue weighted by Crippen LogP contribution is -2.32. The maximum atomic E-state index is 12.3. The number of aromatic nitrogens is 5. The molecule has 2 aromatic rings. The fourth-order valence-corrected chi connectivity index (χ4v) is 1.75. The van der Waals surface area contributed by atoms with Gasteiger partial charge in [-0.25, -0.2) is 4.98 Å². The average Bonchev–Trinajstić information content (AvgIpc) is 3.07. The molecule has 0 aliphatic rings. The second kappa shape index (κ2) is 5.94. The van der Waals surface area contributed by atoms with E-state index in [0.717, 1.165) is 0 Å². The summed E-state index contributed by atoms with van der Waals surface area (Å²) in [7, 11) is 0. The van der Waals surface area contributed by atoms with Gasteiger partial charge in [0, 0.05) is 12.4 Å². The van der Waals surface area contributed by atoms with Gasteiger partial charge in [0.05, 0.1) is 6.54 Å². The number of H-pyrrole nitrogens is 1. The molecule has 2 N–H and O–H groups in total. The van der Waals surface area contributed by atoms with Gasteiger partial charge in [0.2, 0.25) is 5.91 Å². The summed E-state index contributed by atoms with van der Waals surface area (Å²) in [5.74, 6) is -1.68. The fraction of sp³-hybridized carbons (Fsp3) is 0.455. The highest BCUT2D eigenvalue weighted by Gasteiger charge is 2.36. The van der Waals surface area contributed by atoms with Gasteiger partial charge in [0.25, 0.3) is 5.82 Å². The number of hydrogen-bond acceptors (Lipinski definition) is 4. The van der Waals surface area contributed by atoms with Crippen LogP contribution in [0.25, 0.3) is 0 Å². The highest BCUT2D eigenvalue weighted by molar-refractivity contribution is 5.79. The summed E-state index contributed by atoms with van der Waals surface area (Å²) in [5, 5.41) is 11.7. The fourth-order valence-electron chi connectivity index (χ4n) is 1.75. The van der Waals surface area contributed by atoms with E-state index in [1.165, 1.54) is 4.68 Å². The molecule has 2 aromatic heterocycles. The van der Waals surface area contributed by atoms with Gasteiger partial charge >= 0.3 is 6.18 Å². The number of hydrogen-bond donors (Lipinski definition) is 2. The van der Waals surface area contributed by atoms with E-state index >= 15 is 0 Å². The summed E-state index contributed by atoms with van der Waals surface area (Å²) in [6.45, 7) is 1.64. The number of halogens is 3. The monoisotopic (exact) mass is 302 g/mol. The van der Waals surface area contributed by atoms with Gasteiger partial charge in [-0.2, -0.15) is 18.3 Å². The average molecular weight is 302 g/mol. The smallest absolute Gasteiger partial charge is 0.347 e. The molecule has 0 aliphatic carbocycles. The Morgan fingerprint density at radius 3 is 2.81 bits per heavy atom. The van der Waals surface area contributed by atoms with Gasteiger partial charge in [-0.1, -0.05) is 6.92 Å². The molecular formula is C11H13F3N6O. The lowest BCUT2D eigenvalue weighted by molar-refractivity contribution is -0.144. The summed E-state index contributed by atoms with van der Waals surface area (Å²) in [6.07, 6.45) is -0.927. The van der Waals surface area contributed by atoms with E-state index < -0.39 is 18.0 Å². The lowest BCUT2D eigenvalue weighted by Gasteiger charge is -2.14. The zero-order valence-electron chi connectivity index (χ0n) is 11.1. The molecule has 7 nitrogen and oxygen atoms in total. The Bertz CT molecular complexity index is 591. The van der Waals surface area contributed by atoms with E-state index in [1.54, 1.807) is 18.5 Å². The largest absolute Gasteiger partial charge is 0.453 e. The minimum absolute atomic E-state index is 0.0639. The summed E-state index contributed by atoms with van der Waals surface area (Å²) < 4.78 is 38.5. The van der Waals surface area contributed by atoms with E-state index in [-0.39, 0.29) is 18.3 Å². The van der Waals surface area contributed by atoms with Crippen molar-refractivity contribution in [2.75, 3.05) is 0 Å². The topological polar surface area (TPSA) is 88.5 Å². The molecule has 0 radical (unpaired) electrons. The molecule has 114 valence electrons. The first-order valence-electron chi connectivity index (χ1n) is 6.17. The zero-order chi connectivity index (χ0) is 15.5. The van der Waals surface area contributed by atoms with Crippen molar-refractivity contribution in [1.29, 1.82) is 0 Å². The first kappa shape index (κ1) is 15.0. The van der Waals surface area contributed by atoms with Gasteiger partial charge in [-0.15, -0.1) is 5.10 Å². The zero-order valence-corrected chi connectivity index (χ0v) is 11.1. The quantitative estimate of drug-likeness (QED) is 0.871. The van der Waals surface area contributed by atoms with Crippen molar-refractivity contribution in [3.8, 4) is 0 Å². The van der Waals surface area contributed by atoms with E-state index in [0.29, 0.717) is 6.42 Å². The van der Waals surface area contributed by atoms with Gasteiger partial charge in [0.1, 0.15) is 11.9 Å². The van der Waals surface area contributed by atoms with Crippen LogP contribution in [-0.2, 0) is 17.5 Å². The number of carbonyl (C=O) groups excluding carboxylic acids is 1. The number of carbonyl (C=O) groups is 1. The second-order valence-electron chi connectivity index (χ2n) is 4.23. The molecule has 1 amide bonds. The van der Waals surface area contributed by atoms with E-state index in [2.05, 4.69) is 25.6 Å². The minimum Gasteiger partial charge on any atom is -0.347 e. The van der Waals surface area contributed by atoms with E-state index in [9.17, 15) is 18.0 Å². The molecule has 0 spiro atoms. The molecule has 0 aliphatic heterocycles. The van der Waals surface area contributed by atoms with Crippen molar-refractivity contribution in [2.45, 2.75) is 32.1 Å². The Kier molecular flexibility index (Phi) is 4.24. The third kappa shape index (κ3) is 3.58. The molecule has 2 heterocycles. The Balaban J connectivity index is 1.96. The SMILES string of the molecule is CC[C@H](C(=O)NCc1nc(C(F)(F)F)n[nH]1)n1cccn1. The molecule has 21 heavy (non-hydrogen) atoms. The Labute approximate surface area is 117 Å². The predicted octanol–water partition coefficient (Wildman–Crippen LogP) is 1.29. The van der Waals surface area contributed by atoms with Crippen molar-refractivity contribution in [1.82, 2.24) is 30.3 Å². The molecule has 0 saturated carbocycles. The molecule has 0 unspecified atom stereocenters. The number of alkyl halides is 3. The Morgan fingerprint density at radius 1 is 1.52 bits per heavy atom. The third-order valence-corrected chi connectivity index (χ3v) is 2.75. The number of amides is 1. The molecule has 0 aromatic carbocycles. The Morgan fingerprint density at radius 2 is 2.29 bits per heavy atom. The number of nitrogens with one attached hydrogen (secondary N) is 2. The summed E-state index contributed by atoms with van der Waals surface area (Å²) in [5.41, 5.74) is 0. The van der Waals surface area contributed by atoms with Crippen molar-refractivity contribution in [3.63, 3.8) is 0 Å². The van der Waals surface area contributed by atoms with Gasteiger partial charge in [-0.3, -0.25) is 14.6 Å². The van der Waals surface area contributed by atoms with Gasteiger partial charge in [-0.05, 0) is 12.5 Å². The molecule has 10 heteroatoms. The van der Waals surface area contributed by atoms with Crippen LogP contribution >= 0.6 is 0 Å². The predicted molar refractivity (Wildman–Crippen MR) is 64.8 cm³/mol. The second-order valence-corrected chi connectivity index (χ2v) is 4.23. The van der Waals surface area contributed by atoms with Crippen LogP contribution in [0, 0.1) is 0 Å². The molecule has 1 atom stereocenters. The first-order valence-corrected chi connectivity index (χ1v) is 6.17. The van der Waals surface area contributed by atoms with Crippen molar-refractivity contribution >= 4 is 5.91 Å². The molecule has 0 saturated heterocycles. The van der Waals surface area contributed by atoms with Gasteiger partial charge < -0.3 is 5.32 Å². The number of rotatable bonds is 5. The normalized spacial score (nSPS) is 13.1. The van der Waals surface area contributed by atoms with Crippen LogP contribution in [-0.4, -0.2) is 30.9 Å². The van der Waals surface area contributed by atoms with Crippen LogP contribution in [0.15, 0.2) is 18.5 Å². The first-order chi connectivity index (χ1) is 9.91. The van der Waals surface area contributed by atoms with Crippen LogP contribution in [0.5, 0.6) is 0 Å². The summed E-state index contributed by atoms with van der Waals surface area (Å²) >= 11 is 0. The minimum atomic E-state index is -4.61. The number of aromatic amines is 1. The Hall–Kier alpha value is -2.39. The van der Waals surface area contributed by atoms with Gasteiger partial charge in [0.15, 0.2) is 0 Å². The van der Waals surface area contributed by atoms with Crippen molar-refractivity contribution < 1.29 is 18.0 Å². The maximum Gasteiger partial charge on any atom is 0.453 e. The molecule has 0 bridgehead atoms. The molecule has 0 fully saturated rings. The van der Waals surface area contributed by atoms with Crippen molar-refractivity contribution in [2.24, 2.45) is 0 Å². The summed E-state index contributed by atoms with van der Waals surface area (Å²) in [6, 6.07) is 1.16. The van der Waals surface area contributed by atoms with Crippen molar-refractivity contribution in [3.05, 3.63) is 30.1 Å². The highest BCUT2D eigenvalue weighted by atomic mass is 19.4. The van der Waals surface area contributed by atoms with Crippen LogP contribution in [0.3, 0.4) is 0 Å². The third-order valence-electron chi connectivity index (χ3n) is 2.75. The van der Waals surface area contributed by atoms with Crippen LogP contribution < -0.4 is 5.32 Å². The van der Waals surface area contributed by atoms with Crippen LogP contribution in [0.4, 0.5) is 13.2 Å². The highest BCUT2D eigenvalue weighted by Crippen LogP contribution is 2.25. The molecule has 2 rings (SSSR count). The summed E-state index contributed by atoms with van der Waals surface area (Å²) in [4.78, 5) is 15.3.